The number of rotatable bonds is 8. The van der Waals surface area contributed by atoms with Gasteiger partial charge in [-0.15, -0.1) is 0 Å². The molecule has 0 spiro atoms. The highest BCUT2D eigenvalue weighted by Crippen LogP contribution is 2.24. The third kappa shape index (κ3) is 6.69. The van der Waals surface area contributed by atoms with Crippen molar-refractivity contribution in [2.75, 3.05) is 14.2 Å². The minimum Gasteiger partial charge on any atom is -0.468 e. The van der Waals surface area contributed by atoms with Gasteiger partial charge in [-0.25, -0.2) is 4.79 Å². The van der Waals surface area contributed by atoms with Crippen molar-refractivity contribution in [2.24, 2.45) is 5.16 Å². The topological polar surface area (TPSA) is 66.4 Å². The first-order valence-corrected chi connectivity index (χ1v) is 9.32. The Hall–Kier alpha value is -2.70. The fourth-order valence-electron chi connectivity index (χ4n) is 2.22. The van der Waals surface area contributed by atoms with Gasteiger partial charge in [0.05, 0.1) is 19.9 Å². The molecule has 8 heteroatoms. The van der Waals surface area contributed by atoms with Gasteiger partial charge >= 0.3 is 5.97 Å². The van der Waals surface area contributed by atoms with Gasteiger partial charge < -0.3 is 19.0 Å². The van der Waals surface area contributed by atoms with Gasteiger partial charge in [0.15, 0.2) is 0 Å². The fourth-order valence-corrected chi connectivity index (χ4v) is 2.68. The summed E-state index contributed by atoms with van der Waals surface area (Å²) in [5.41, 5.74) is 3.04. The molecule has 2 rings (SSSR count). The second-order valence-corrected chi connectivity index (χ2v) is 6.80. The summed E-state index contributed by atoms with van der Waals surface area (Å²) in [5, 5.41) is 5.21. The standard InChI is InChI=1S/C21H21Cl2NO5/c1-13-5-6-15(9-19(13)29-21(27-4)11-20(25)26-3)14(2)24-28-12-16-7-8-17(22)10-18(16)23/h5-11H,12H2,1-4H3. The molecule has 0 atom stereocenters. The molecule has 0 aromatic heterocycles. The molecule has 2 aromatic rings. The molecule has 0 aliphatic carbocycles. The molecule has 6 nitrogen and oxygen atoms in total. The van der Waals surface area contributed by atoms with Crippen LogP contribution in [0.1, 0.15) is 23.6 Å². The summed E-state index contributed by atoms with van der Waals surface area (Å²) >= 11 is 12.0. The lowest BCUT2D eigenvalue weighted by Crippen LogP contribution is -2.05. The van der Waals surface area contributed by atoms with Crippen LogP contribution in [0.25, 0.3) is 0 Å². The molecular formula is C21H21Cl2NO5. The van der Waals surface area contributed by atoms with Gasteiger partial charge in [0, 0.05) is 21.2 Å². The zero-order valence-electron chi connectivity index (χ0n) is 16.5. The summed E-state index contributed by atoms with van der Waals surface area (Å²) < 4.78 is 15.3. The van der Waals surface area contributed by atoms with Crippen molar-refractivity contribution in [1.29, 1.82) is 0 Å². The summed E-state index contributed by atoms with van der Waals surface area (Å²) in [6, 6.07) is 10.7. The molecule has 2 aromatic carbocycles. The summed E-state index contributed by atoms with van der Waals surface area (Å²) in [7, 11) is 2.67. The summed E-state index contributed by atoms with van der Waals surface area (Å²) in [5.74, 6) is -0.0576. The molecule has 0 bridgehead atoms. The van der Waals surface area contributed by atoms with E-state index in [0.717, 1.165) is 22.8 Å². The third-order valence-corrected chi connectivity index (χ3v) is 4.48. The Bertz CT molecular complexity index is 941. The molecule has 0 amide bonds. The van der Waals surface area contributed by atoms with E-state index in [4.69, 9.17) is 37.5 Å². The number of esters is 1. The van der Waals surface area contributed by atoms with Crippen LogP contribution in [0.5, 0.6) is 5.75 Å². The highest BCUT2D eigenvalue weighted by molar-refractivity contribution is 6.35. The average molecular weight is 438 g/mol. The Labute approximate surface area is 179 Å². The molecule has 0 saturated heterocycles. The highest BCUT2D eigenvalue weighted by atomic mass is 35.5. The van der Waals surface area contributed by atoms with Gasteiger partial charge in [-0.3, -0.25) is 0 Å². The highest BCUT2D eigenvalue weighted by Gasteiger charge is 2.10. The van der Waals surface area contributed by atoms with Gasteiger partial charge in [-0.2, -0.15) is 0 Å². The van der Waals surface area contributed by atoms with Crippen molar-refractivity contribution in [2.45, 2.75) is 20.5 Å². The molecule has 0 saturated carbocycles. The van der Waals surface area contributed by atoms with Crippen molar-refractivity contribution in [3.63, 3.8) is 0 Å². The SMILES string of the molecule is COC(=O)C=C(OC)Oc1cc(C(C)=NOCc2ccc(Cl)cc2Cl)ccc1C. The number of aryl methyl sites for hydroxylation is 1. The first-order valence-electron chi connectivity index (χ1n) is 8.57. The quantitative estimate of drug-likeness (QED) is 0.184. The predicted octanol–water partition coefficient (Wildman–Crippen LogP) is 5.28. The van der Waals surface area contributed by atoms with Crippen LogP contribution >= 0.6 is 23.2 Å². The second-order valence-electron chi connectivity index (χ2n) is 5.96. The molecule has 0 aliphatic heterocycles. The van der Waals surface area contributed by atoms with Crippen LogP contribution in [0, 0.1) is 6.92 Å². The average Bonchev–Trinajstić information content (AvgIpc) is 2.70. The number of carbonyl (C=O) groups is 1. The second kappa shape index (κ2) is 10.7. The molecular weight excluding hydrogens is 417 g/mol. The van der Waals surface area contributed by atoms with E-state index >= 15 is 0 Å². The van der Waals surface area contributed by atoms with E-state index in [1.165, 1.54) is 14.2 Å². The molecule has 0 unspecified atom stereocenters. The van der Waals surface area contributed by atoms with Crippen LogP contribution in [0.4, 0.5) is 0 Å². The first-order chi connectivity index (χ1) is 13.8. The normalized spacial score (nSPS) is 11.8. The van der Waals surface area contributed by atoms with Crippen LogP contribution < -0.4 is 4.74 Å². The number of carbonyl (C=O) groups excluding carboxylic acids is 1. The lowest BCUT2D eigenvalue weighted by molar-refractivity contribution is -0.135. The number of oxime groups is 1. The van der Waals surface area contributed by atoms with E-state index in [1.54, 1.807) is 31.2 Å². The zero-order chi connectivity index (χ0) is 21.4. The molecule has 0 radical (unpaired) electrons. The van der Waals surface area contributed by atoms with Crippen molar-refractivity contribution in [3.8, 4) is 5.75 Å². The number of methoxy groups -OCH3 is 2. The maximum Gasteiger partial charge on any atom is 0.337 e. The minimum absolute atomic E-state index is 0.0142. The van der Waals surface area contributed by atoms with Crippen LogP contribution in [-0.2, 0) is 25.7 Å². The van der Waals surface area contributed by atoms with E-state index in [2.05, 4.69) is 9.89 Å². The number of benzene rings is 2. The lowest BCUT2D eigenvalue weighted by Gasteiger charge is -2.12. The smallest absolute Gasteiger partial charge is 0.337 e. The van der Waals surface area contributed by atoms with Gasteiger partial charge in [0.1, 0.15) is 18.4 Å². The number of ether oxygens (including phenoxy) is 3. The molecule has 0 aliphatic rings. The van der Waals surface area contributed by atoms with E-state index in [9.17, 15) is 4.79 Å². The van der Waals surface area contributed by atoms with Crippen LogP contribution in [0.3, 0.4) is 0 Å². The number of hydrogen-bond acceptors (Lipinski definition) is 6. The minimum atomic E-state index is -0.581. The summed E-state index contributed by atoms with van der Waals surface area (Å²) in [6.07, 6.45) is 1.12. The van der Waals surface area contributed by atoms with Crippen LogP contribution in [-0.4, -0.2) is 25.9 Å². The first kappa shape index (κ1) is 22.6. The molecule has 0 N–H and O–H groups in total. The number of halogens is 2. The summed E-state index contributed by atoms with van der Waals surface area (Å²) in [6.45, 7) is 3.88. The largest absolute Gasteiger partial charge is 0.468 e. The number of hydrogen-bond donors (Lipinski definition) is 0. The monoisotopic (exact) mass is 437 g/mol. The third-order valence-electron chi connectivity index (χ3n) is 3.89. The van der Waals surface area contributed by atoms with Crippen LogP contribution in [0.2, 0.25) is 10.0 Å². The van der Waals surface area contributed by atoms with Crippen molar-refractivity contribution >= 4 is 34.9 Å². The van der Waals surface area contributed by atoms with Crippen molar-refractivity contribution in [1.82, 2.24) is 0 Å². The Morgan fingerprint density at radius 2 is 1.86 bits per heavy atom. The Kier molecular flexibility index (Phi) is 8.36. The fraction of sp³-hybridized carbons (Fsp3) is 0.238. The van der Waals surface area contributed by atoms with Crippen molar-refractivity contribution < 1.29 is 23.8 Å². The molecule has 154 valence electrons. The van der Waals surface area contributed by atoms with Gasteiger partial charge in [-0.05, 0) is 37.6 Å². The molecule has 29 heavy (non-hydrogen) atoms. The van der Waals surface area contributed by atoms with E-state index in [1.807, 2.05) is 19.1 Å². The van der Waals surface area contributed by atoms with E-state index in [-0.39, 0.29) is 12.6 Å². The Morgan fingerprint density at radius 3 is 2.52 bits per heavy atom. The van der Waals surface area contributed by atoms with Crippen molar-refractivity contribution in [3.05, 3.63) is 75.2 Å². The number of nitrogens with zero attached hydrogens (tertiary/aromatic N) is 1. The van der Waals surface area contributed by atoms with E-state index in [0.29, 0.717) is 21.5 Å². The van der Waals surface area contributed by atoms with Gasteiger partial charge in [-0.1, -0.05) is 46.6 Å². The lowest BCUT2D eigenvalue weighted by atomic mass is 10.1. The Morgan fingerprint density at radius 1 is 1.10 bits per heavy atom. The van der Waals surface area contributed by atoms with Crippen LogP contribution in [0.15, 0.2) is 53.6 Å². The summed E-state index contributed by atoms with van der Waals surface area (Å²) in [4.78, 5) is 16.8. The Balaban J connectivity index is 2.13. The van der Waals surface area contributed by atoms with E-state index < -0.39 is 5.97 Å². The molecule has 0 fully saturated rings. The van der Waals surface area contributed by atoms with Gasteiger partial charge in [0.2, 0.25) is 0 Å². The maximum absolute atomic E-state index is 11.4. The molecule has 0 heterocycles. The predicted molar refractivity (Wildman–Crippen MR) is 112 cm³/mol. The zero-order valence-corrected chi connectivity index (χ0v) is 18.0. The maximum atomic E-state index is 11.4. The van der Waals surface area contributed by atoms with Gasteiger partial charge in [0.25, 0.3) is 5.95 Å².